The first kappa shape index (κ1) is 11.5. The fourth-order valence-corrected chi connectivity index (χ4v) is 2.31. The summed E-state index contributed by atoms with van der Waals surface area (Å²) in [6.07, 6.45) is 5.87. The van der Waals surface area contributed by atoms with E-state index in [2.05, 4.69) is 25.2 Å². The van der Waals surface area contributed by atoms with Crippen molar-refractivity contribution in [1.29, 1.82) is 5.26 Å². The van der Waals surface area contributed by atoms with Crippen LogP contribution < -0.4 is 5.32 Å². The highest BCUT2D eigenvalue weighted by Crippen LogP contribution is 2.30. The highest BCUT2D eigenvalue weighted by Gasteiger charge is 2.23. The molecule has 0 saturated heterocycles. The molecule has 0 aliphatic heterocycles. The topological polar surface area (TPSA) is 35.8 Å². The average molecular weight is 194 g/mol. The number of nitriles is 1. The van der Waals surface area contributed by atoms with Gasteiger partial charge in [0, 0.05) is 6.04 Å². The standard InChI is InChI=1S/C12H22N2/c1-3-12(7-8-13)14-9-11-6-4-5-10(11)2/h10-12,14H,3-7,9H2,1-2H3. The van der Waals surface area contributed by atoms with Crippen LogP contribution in [0.2, 0.25) is 0 Å². The Bertz CT molecular complexity index is 195. The molecule has 0 bridgehead atoms. The van der Waals surface area contributed by atoms with Crippen molar-refractivity contribution in [2.45, 2.75) is 52.0 Å². The summed E-state index contributed by atoms with van der Waals surface area (Å²) in [5.41, 5.74) is 0. The van der Waals surface area contributed by atoms with Crippen LogP contribution in [-0.2, 0) is 0 Å². The molecule has 0 aromatic carbocycles. The second kappa shape index (κ2) is 6.03. The summed E-state index contributed by atoms with van der Waals surface area (Å²) in [7, 11) is 0. The number of hydrogen-bond acceptors (Lipinski definition) is 2. The third-order valence-corrected chi connectivity index (χ3v) is 3.54. The third kappa shape index (κ3) is 3.31. The van der Waals surface area contributed by atoms with Crippen LogP contribution >= 0.6 is 0 Å². The summed E-state index contributed by atoms with van der Waals surface area (Å²) >= 11 is 0. The molecule has 1 N–H and O–H groups in total. The normalized spacial score (nSPS) is 28.6. The summed E-state index contributed by atoms with van der Waals surface area (Å²) in [5, 5.41) is 12.1. The highest BCUT2D eigenvalue weighted by molar-refractivity contribution is 4.82. The minimum absolute atomic E-state index is 0.410. The second-order valence-corrected chi connectivity index (χ2v) is 4.54. The van der Waals surface area contributed by atoms with Gasteiger partial charge < -0.3 is 5.32 Å². The number of rotatable bonds is 5. The van der Waals surface area contributed by atoms with E-state index in [1.54, 1.807) is 0 Å². The molecule has 1 aliphatic rings. The van der Waals surface area contributed by atoms with E-state index in [4.69, 9.17) is 5.26 Å². The molecular weight excluding hydrogens is 172 g/mol. The van der Waals surface area contributed by atoms with Gasteiger partial charge in [0.15, 0.2) is 0 Å². The molecule has 2 nitrogen and oxygen atoms in total. The molecule has 0 aromatic heterocycles. The van der Waals surface area contributed by atoms with Crippen LogP contribution in [0.5, 0.6) is 0 Å². The molecule has 2 heteroatoms. The van der Waals surface area contributed by atoms with Crippen LogP contribution in [0.3, 0.4) is 0 Å². The number of hydrogen-bond donors (Lipinski definition) is 1. The second-order valence-electron chi connectivity index (χ2n) is 4.54. The van der Waals surface area contributed by atoms with Gasteiger partial charge in [0.25, 0.3) is 0 Å². The van der Waals surface area contributed by atoms with E-state index < -0.39 is 0 Å². The van der Waals surface area contributed by atoms with Gasteiger partial charge in [0.05, 0.1) is 12.5 Å². The maximum atomic E-state index is 8.62. The molecular formula is C12H22N2. The molecule has 0 amide bonds. The monoisotopic (exact) mass is 194 g/mol. The lowest BCUT2D eigenvalue weighted by atomic mass is 9.97. The first-order valence-electron chi connectivity index (χ1n) is 5.88. The van der Waals surface area contributed by atoms with Gasteiger partial charge in [-0.2, -0.15) is 5.26 Å². The molecule has 0 radical (unpaired) electrons. The molecule has 80 valence electrons. The Morgan fingerprint density at radius 2 is 2.29 bits per heavy atom. The highest BCUT2D eigenvalue weighted by atomic mass is 14.9. The van der Waals surface area contributed by atoms with E-state index >= 15 is 0 Å². The molecule has 1 fully saturated rings. The van der Waals surface area contributed by atoms with Crippen molar-refractivity contribution in [3.8, 4) is 6.07 Å². The van der Waals surface area contributed by atoms with Crippen molar-refractivity contribution < 1.29 is 0 Å². The van der Waals surface area contributed by atoms with Crippen molar-refractivity contribution in [3.05, 3.63) is 0 Å². The Kier molecular flexibility index (Phi) is 4.97. The minimum atomic E-state index is 0.410. The van der Waals surface area contributed by atoms with Gasteiger partial charge in [-0.3, -0.25) is 0 Å². The van der Waals surface area contributed by atoms with Gasteiger partial charge in [-0.25, -0.2) is 0 Å². The Balaban J connectivity index is 2.21. The van der Waals surface area contributed by atoms with Gasteiger partial charge in [-0.1, -0.05) is 26.7 Å². The van der Waals surface area contributed by atoms with Gasteiger partial charge in [0.2, 0.25) is 0 Å². The summed E-state index contributed by atoms with van der Waals surface area (Å²) in [6, 6.07) is 2.65. The van der Waals surface area contributed by atoms with E-state index in [0.717, 1.165) is 24.8 Å². The largest absolute Gasteiger partial charge is 0.313 e. The van der Waals surface area contributed by atoms with E-state index in [0.29, 0.717) is 12.5 Å². The fraction of sp³-hybridized carbons (Fsp3) is 0.917. The lowest BCUT2D eigenvalue weighted by molar-refractivity contribution is 0.363. The first-order valence-corrected chi connectivity index (χ1v) is 5.88. The third-order valence-electron chi connectivity index (χ3n) is 3.54. The zero-order valence-corrected chi connectivity index (χ0v) is 9.42. The minimum Gasteiger partial charge on any atom is -0.313 e. The number of nitrogens with one attached hydrogen (secondary N) is 1. The van der Waals surface area contributed by atoms with E-state index in [1.807, 2.05) is 0 Å². The van der Waals surface area contributed by atoms with Crippen molar-refractivity contribution in [3.63, 3.8) is 0 Å². The molecule has 1 saturated carbocycles. The number of nitrogens with zero attached hydrogens (tertiary/aromatic N) is 1. The maximum Gasteiger partial charge on any atom is 0.0638 e. The molecule has 14 heavy (non-hydrogen) atoms. The molecule has 0 heterocycles. The van der Waals surface area contributed by atoms with Crippen molar-refractivity contribution in [2.24, 2.45) is 11.8 Å². The lowest BCUT2D eigenvalue weighted by Crippen LogP contribution is -2.33. The lowest BCUT2D eigenvalue weighted by Gasteiger charge is -2.20. The Morgan fingerprint density at radius 1 is 1.50 bits per heavy atom. The Labute approximate surface area is 87.7 Å². The van der Waals surface area contributed by atoms with Gasteiger partial charge in [-0.05, 0) is 31.2 Å². The SMILES string of the molecule is CCC(CC#N)NCC1CCCC1C. The molecule has 0 spiro atoms. The van der Waals surface area contributed by atoms with Gasteiger partial charge in [0.1, 0.15) is 0 Å². The predicted molar refractivity (Wildman–Crippen MR) is 58.8 cm³/mol. The van der Waals surface area contributed by atoms with Crippen LogP contribution in [0.1, 0.15) is 46.0 Å². The van der Waals surface area contributed by atoms with E-state index in [9.17, 15) is 0 Å². The van der Waals surface area contributed by atoms with Gasteiger partial charge >= 0.3 is 0 Å². The Hall–Kier alpha value is -0.550. The molecule has 3 atom stereocenters. The summed E-state index contributed by atoms with van der Waals surface area (Å²) in [4.78, 5) is 0. The fourth-order valence-electron chi connectivity index (χ4n) is 2.31. The van der Waals surface area contributed by atoms with Crippen molar-refractivity contribution >= 4 is 0 Å². The summed E-state index contributed by atoms with van der Waals surface area (Å²) in [5.74, 6) is 1.73. The summed E-state index contributed by atoms with van der Waals surface area (Å²) in [6.45, 7) is 5.61. The molecule has 1 rings (SSSR count). The summed E-state index contributed by atoms with van der Waals surface area (Å²) < 4.78 is 0. The van der Waals surface area contributed by atoms with Crippen LogP contribution in [0.15, 0.2) is 0 Å². The van der Waals surface area contributed by atoms with E-state index in [-0.39, 0.29) is 0 Å². The Morgan fingerprint density at radius 3 is 2.79 bits per heavy atom. The predicted octanol–water partition coefficient (Wildman–Crippen LogP) is 2.70. The van der Waals surface area contributed by atoms with E-state index in [1.165, 1.54) is 19.3 Å². The molecule has 3 unspecified atom stereocenters. The van der Waals surface area contributed by atoms with Crippen LogP contribution in [-0.4, -0.2) is 12.6 Å². The van der Waals surface area contributed by atoms with Gasteiger partial charge in [-0.15, -0.1) is 0 Å². The first-order chi connectivity index (χ1) is 6.77. The zero-order valence-electron chi connectivity index (χ0n) is 9.42. The smallest absolute Gasteiger partial charge is 0.0638 e. The van der Waals surface area contributed by atoms with Crippen LogP contribution in [0.4, 0.5) is 0 Å². The van der Waals surface area contributed by atoms with Crippen LogP contribution in [0.25, 0.3) is 0 Å². The molecule has 1 aliphatic carbocycles. The van der Waals surface area contributed by atoms with Crippen molar-refractivity contribution in [1.82, 2.24) is 5.32 Å². The zero-order chi connectivity index (χ0) is 10.4. The molecule has 0 aromatic rings. The van der Waals surface area contributed by atoms with Crippen LogP contribution in [0, 0.1) is 23.2 Å². The maximum absolute atomic E-state index is 8.62. The quantitative estimate of drug-likeness (QED) is 0.730. The van der Waals surface area contributed by atoms with Crippen molar-refractivity contribution in [2.75, 3.05) is 6.54 Å². The average Bonchev–Trinajstić information content (AvgIpc) is 2.59.